The first-order valence-corrected chi connectivity index (χ1v) is 9.31. The molecular weight excluding hydrogens is 386 g/mol. The number of amides is 2. The molecule has 11 nitrogen and oxygen atoms in total. The third-order valence-electron chi connectivity index (χ3n) is 4.34. The van der Waals surface area contributed by atoms with E-state index in [1.54, 1.807) is 0 Å². The Morgan fingerprint density at radius 2 is 2.00 bits per heavy atom. The van der Waals surface area contributed by atoms with Gasteiger partial charge in [-0.05, 0) is 13.3 Å². The number of halogens is 1. The number of alkyl halides is 1. The monoisotopic (exact) mass is 413 g/mol. The molecule has 0 aromatic carbocycles. The first-order valence-electron chi connectivity index (χ1n) is 8.78. The van der Waals surface area contributed by atoms with E-state index in [1.165, 1.54) is 6.92 Å². The first-order chi connectivity index (χ1) is 12.8. The van der Waals surface area contributed by atoms with Crippen LogP contribution >= 0.6 is 11.6 Å². The van der Waals surface area contributed by atoms with Crippen LogP contribution in [0.2, 0.25) is 0 Å². The van der Waals surface area contributed by atoms with Crippen LogP contribution in [0.15, 0.2) is 5.29 Å². The number of aliphatic hydroxyl groups excluding tert-OH is 3. The van der Waals surface area contributed by atoms with Crippen molar-refractivity contribution in [1.29, 1.82) is 0 Å². The van der Waals surface area contributed by atoms with Crippen molar-refractivity contribution in [3.8, 4) is 0 Å². The minimum absolute atomic E-state index is 0.0936. The van der Waals surface area contributed by atoms with Crippen LogP contribution in [0.25, 0.3) is 0 Å². The lowest BCUT2D eigenvalue weighted by molar-refractivity contribution is -0.359. The van der Waals surface area contributed by atoms with Crippen LogP contribution in [-0.2, 0) is 9.47 Å². The minimum Gasteiger partial charge on any atom is -0.394 e. The molecule has 12 heteroatoms. The number of urea groups is 1. The Morgan fingerprint density at radius 3 is 2.48 bits per heavy atom. The maximum Gasteiger partial charge on any atom is 0.345 e. The van der Waals surface area contributed by atoms with Gasteiger partial charge >= 0.3 is 6.03 Å². The zero-order valence-electron chi connectivity index (χ0n) is 15.4. The van der Waals surface area contributed by atoms with Crippen molar-refractivity contribution in [3.63, 3.8) is 0 Å². The highest BCUT2D eigenvalue weighted by Gasteiger charge is 2.60. The molecule has 0 aromatic heterocycles. The largest absolute Gasteiger partial charge is 0.394 e. The Labute approximate surface area is 162 Å². The Hall–Kier alpha value is -1.08. The van der Waals surface area contributed by atoms with Crippen LogP contribution in [0.3, 0.4) is 0 Å². The van der Waals surface area contributed by atoms with E-state index >= 15 is 0 Å². The molecule has 5 atom stereocenters. The number of aliphatic hydroxyl groups is 4. The molecule has 1 aliphatic rings. The molecule has 0 radical (unpaired) electrons. The van der Waals surface area contributed by atoms with Gasteiger partial charge in [0, 0.05) is 19.0 Å². The molecule has 1 fully saturated rings. The summed E-state index contributed by atoms with van der Waals surface area (Å²) in [5, 5.41) is 44.7. The van der Waals surface area contributed by atoms with E-state index < -0.39 is 43.0 Å². The third-order valence-corrected chi connectivity index (χ3v) is 4.51. The van der Waals surface area contributed by atoms with Gasteiger partial charge in [0.2, 0.25) is 5.72 Å². The number of nitrogens with zero attached hydrogens (tertiary/aromatic N) is 3. The Bertz CT molecular complexity index is 488. The molecule has 1 heterocycles. The number of ether oxygens (including phenoxy) is 2. The number of carbonyl (C=O) groups is 1. The first kappa shape index (κ1) is 24.0. The lowest BCUT2D eigenvalue weighted by atomic mass is 9.90. The van der Waals surface area contributed by atoms with Gasteiger partial charge in [-0.15, -0.1) is 16.5 Å². The average molecular weight is 414 g/mol. The van der Waals surface area contributed by atoms with Gasteiger partial charge in [-0.2, -0.15) is 5.01 Å². The van der Waals surface area contributed by atoms with Crippen LogP contribution in [0.5, 0.6) is 0 Å². The van der Waals surface area contributed by atoms with E-state index in [1.807, 2.05) is 6.92 Å². The molecule has 0 spiro atoms. The van der Waals surface area contributed by atoms with Gasteiger partial charge in [-0.3, -0.25) is 4.90 Å². The maximum absolute atomic E-state index is 12.6. The molecule has 158 valence electrons. The van der Waals surface area contributed by atoms with Crippen molar-refractivity contribution in [3.05, 3.63) is 4.91 Å². The topological polar surface area (TPSA) is 152 Å². The van der Waals surface area contributed by atoms with Gasteiger partial charge in [0.25, 0.3) is 0 Å². The lowest BCUT2D eigenvalue weighted by Gasteiger charge is -2.52. The van der Waals surface area contributed by atoms with Crippen molar-refractivity contribution in [2.75, 3.05) is 32.2 Å². The quantitative estimate of drug-likeness (QED) is 0.124. The SMILES string of the molecule is CCCCO[C@H]1O[C@H](CO)[C@@H](O)[C@](O)(N(CC)C(=O)N(CCCl)N=O)[C@H]1O. The van der Waals surface area contributed by atoms with E-state index in [4.69, 9.17) is 21.1 Å². The summed E-state index contributed by atoms with van der Waals surface area (Å²) in [7, 11) is 0. The second-order valence-corrected chi connectivity index (χ2v) is 6.42. The second-order valence-electron chi connectivity index (χ2n) is 6.04. The summed E-state index contributed by atoms with van der Waals surface area (Å²) in [5.74, 6) is -0.0936. The molecule has 4 N–H and O–H groups in total. The number of nitroso groups, excluding NO2 is 1. The predicted molar refractivity (Wildman–Crippen MR) is 94.6 cm³/mol. The van der Waals surface area contributed by atoms with Crippen LogP contribution in [-0.4, -0.2) is 98.9 Å². The standard InChI is InChI=1S/C15H28ClN3O8/c1-3-5-8-26-13-12(22)15(24,11(21)10(9-20)27-13)18(4-2)14(23)19(17-25)7-6-16/h10-13,20-22,24H,3-9H2,1-2H3/t10-,11-,12+,13+,15-/m1/s1. The summed E-state index contributed by atoms with van der Waals surface area (Å²) in [6, 6.07) is -1.07. The molecule has 1 saturated heterocycles. The van der Waals surface area contributed by atoms with Crippen molar-refractivity contribution in [1.82, 2.24) is 9.91 Å². The highest BCUT2D eigenvalue weighted by molar-refractivity contribution is 6.18. The highest BCUT2D eigenvalue weighted by Crippen LogP contribution is 2.34. The van der Waals surface area contributed by atoms with Gasteiger partial charge in [0.1, 0.15) is 12.2 Å². The van der Waals surface area contributed by atoms with Crippen LogP contribution < -0.4 is 0 Å². The van der Waals surface area contributed by atoms with Crippen LogP contribution in [0.1, 0.15) is 26.7 Å². The summed E-state index contributed by atoms with van der Waals surface area (Å²) >= 11 is 5.54. The number of unbranched alkanes of at least 4 members (excludes halogenated alkanes) is 1. The van der Waals surface area contributed by atoms with Crippen molar-refractivity contribution < 1.29 is 34.7 Å². The van der Waals surface area contributed by atoms with Gasteiger partial charge in [-0.1, -0.05) is 13.3 Å². The Balaban J connectivity index is 3.20. The molecule has 27 heavy (non-hydrogen) atoms. The van der Waals surface area contributed by atoms with E-state index in [9.17, 15) is 30.1 Å². The van der Waals surface area contributed by atoms with Crippen molar-refractivity contribution in [2.45, 2.75) is 57.0 Å². The highest BCUT2D eigenvalue weighted by atomic mass is 35.5. The molecule has 1 rings (SSSR count). The van der Waals surface area contributed by atoms with Gasteiger partial charge in [0.05, 0.1) is 18.4 Å². The number of carbonyl (C=O) groups excluding carboxylic acids is 1. The van der Waals surface area contributed by atoms with E-state index in [-0.39, 0.29) is 25.6 Å². The number of rotatable bonds is 10. The van der Waals surface area contributed by atoms with Gasteiger partial charge in [-0.25, -0.2) is 4.79 Å². The predicted octanol–water partition coefficient (Wildman–Crippen LogP) is -0.405. The van der Waals surface area contributed by atoms with Crippen molar-refractivity contribution in [2.24, 2.45) is 5.29 Å². The Kier molecular flexibility index (Phi) is 9.81. The zero-order chi connectivity index (χ0) is 20.6. The number of likely N-dealkylation sites (N-methyl/N-ethyl adjacent to an activating group) is 1. The number of hydrogen-bond acceptors (Lipinski definition) is 9. The third kappa shape index (κ3) is 5.05. The van der Waals surface area contributed by atoms with E-state index in [2.05, 4.69) is 5.29 Å². The molecule has 1 aliphatic heterocycles. The summed E-state index contributed by atoms with van der Waals surface area (Å²) in [5.41, 5.74) is -2.59. The van der Waals surface area contributed by atoms with Gasteiger partial charge < -0.3 is 29.9 Å². The fourth-order valence-electron chi connectivity index (χ4n) is 2.84. The summed E-state index contributed by atoms with van der Waals surface area (Å²) in [4.78, 5) is 24.2. The van der Waals surface area contributed by atoms with Crippen molar-refractivity contribution >= 4 is 17.6 Å². The second kappa shape index (κ2) is 11.1. The van der Waals surface area contributed by atoms with E-state index in [0.717, 1.165) is 6.42 Å². The Morgan fingerprint density at radius 1 is 1.33 bits per heavy atom. The fourth-order valence-corrected chi connectivity index (χ4v) is 3.00. The van der Waals surface area contributed by atoms with E-state index in [0.29, 0.717) is 16.3 Å². The summed E-state index contributed by atoms with van der Waals surface area (Å²) in [6.07, 6.45) is -5.05. The zero-order valence-corrected chi connectivity index (χ0v) is 16.2. The number of hydrogen-bond donors (Lipinski definition) is 4. The summed E-state index contributed by atoms with van der Waals surface area (Å²) < 4.78 is 10.7. The maximum atomic E-state index is 12.6. The minimum atomic E-state index is -2.59. The summed E-state index contributed by atoms with van der Waals surface area (Å²) in [6.45, 7) is 2.45. The molecule has 0 aromatic rings. The van der Waals surface area contributed by atoms with Crippen LogP contribution in [0.4, 0.5) is 4.79 Å². The molecular formula is C15H28ClN3O8. The molecule has 2 amide bonds. The molecule has 0 saturated carbocycles. The molecule has 0 bridgehead atoms. The molecule has 0 aliphatic carbocycles. The smallest absolute Gasteiger partial charge is 0.345 e. The lowest BCUT2D eigenvalue weighted by Crippen LogP contribution is -2.75. The fraction of sp³-hybridized carbons (Fsp3) is 0.933. The molecule has 0 unspecified atom stereocenters. The normalized spacial score (nSPS) is 30.8. The average Bonchev–Trinajstić information content (AvgIpc) is 2.66. The van der Waals surface area contributed by atoms with Crippen LogP contribution in [0, 0.1) is 4.91 Å². The van der Waals surface area contributed by atoms with Gasteiger partial charge in [0.15, 0.2) is 12.4 Å².